The summed E-state index contributed by atoms with van der Waals surface area (Å²) in [6.07, 6.45) is 4.93. The molecule has 1 heterocycles. The van der Waals surface area contributed by atoms with Crippen LogP contribution in [0.1, 0.15) is 41.8 Å². The van der Waals surface area contributed by atoms with Crippen LogP contribution in [-0.2, 0) is 9.53 Å². The van der Waals surface area contributed by atoms with Gasteiger partial charge in [-0.3, -0.25) is 4.79 Å². The van der Waals surface area contributed by atoms with Crippen LogP contribution in [0.2, 0.25) is 0 Å². The molecule has 2 atom stereocenters. The van der Waals surface area contributed by atoms with Crippen molar-refractivity contribution < 1.29 is 14.3 Å². The Balaban J connectivity index is 2.07. The third-order valence-electron chi connectivity index (χ3n) is 3.70. The lowest BCUT2D eigenvalue weighted by molar-refractivity contribution is -0.120. The van der Waals surface area contributed by atoms with Gasteiger partial charge in [0.05, 0.1) is 18.7 Å². The first-order valence-corrected chi connectivity index (χ1v) is 7.73. The average molecular weight is 296 g/mol. The molecule has 6 heteroatoms. The van der Waals surface area contributed by atoms with E-state index < -0.39 is 5.97 Å². The normalized spacial score (nSPS) is 22.9. The van der Waals surface area contributed by atoms with Gasteiger partial charge in [-0.15, -0.1) is 11.3 Å². The summed E-state index contributed by atoms with van der Waals surface area (Å²) in [5.41, 5.74) is 6.60. The number of thiophene rings is 1. The number of rotatable bonds is 3. The lowest BCUT2D eigenvalue weighted by Crippen LogP contribution is -2.37. The summed E-state index contributed by atoms with van der Waals surface area (Å²) >= 11 is 1.26. The average Bonchev–Trinajstić information content (AvgIpc) is 2.78. The van der Waals surface area contributed by atoms with Crippen molar-refractivity contribution in [2.75, 3.05) is 12.4 Å². The number of nitrogens with two attached hydrogens (primary N) is 1. The Kier molecular flexibility index (Phi) is 5.14. The second kappa shape index (κ2) is 6.85. The summed E-state index contributed by atoms with van der Waals surface area (Å²) < 4.78 is 4.70. The molecule has 0 radical (unpaired) electrons. The SMILES string of the molecule is COC(=O)c1sccc1NC(=O)C1CCCCCC1N. The molecule has 1 saturated carbocycles. The van der Waals surface area contributed by atoms with E-state index in [1.165, 1.54) is 18.4 Å². The molecule has 3 N–H and O–H groups in total. The Morgan fingerprint density at radius 3 is 2.85 bits per heavy atom. The van der Waals surface area contributed by atoms with Crippen LogP contribution in [0, 0.1) is 5.92 Å². The number of esters is 1. The lowest BCUT2D eigenvalue weighted by Gasteiger charge is -2.20. The van der Waals surface area contributed by atoms with Gasteiger partial charge in [0.25, 0.3) is 0 Å². The van der Waals surface area contributed by atoms with Crippen molar-refractivity contribution in [1.82, 2.24) is 0 Å². The zero-order chi connectivity index (χ0) is 14.5. The van der Waals surface area contributed by atoms with E-state index in [-0.39, 0.29) is 17.9 Å². The Morgan fingerprint density at radius 2 is 2.10 bits per heavy atom. The van der Waals surface area contributed by atoms with E-state index in [0.29, 0.717) is 10.6 Å². The molecule has 0 saturated heterocycles. The third kappa shape index (κ3) is 3.37. The highest BCUT2D eigenvalue weighted by Crippen LogP contribution is 2.27. The molecule has 2 unspecified atom stereocenters. The standard InChI is InChI=1S/C14H20N2O3S/c1-19-14(18)12-11(7-8-20-12)16-13(17)9-5-3-2-4-6-10(9)15/h7-10H,2-6,15H2,1H3,(H,16,17). The van der Waals surface area contributed by atoms with Gasteiger partial charge in [0.15, 0.2) is 0 Å². The van der Waals surface area contributed by atoms with Crippen molar-refractivity contribution in [3.05, 3.63) is 16.3 Å². The van der Waals surface area contributed by atoms with Crippen molar-refractivity contribution in [2.24, 2.45) is 11.7 Å². The fourth-order valence-corrected chi connectivity index (χ4v) is 3.31. The second-order valence-corrected chi connectivity index (χ2v) is 5.97. The monoisotopic (exact) mass is 296 g/mol. The molecular weight excluding hydrogens is 276 g/mol. The third-order valence-corrected chi connectivity index (χ3v) is 4.59. The molecule has 0 spiro atoms. The molecular formula is C14H20N2O3S. The highest BCUT2D eigenvalue weighted by Gasteiger charge is 2.28. The maximum atomic E-state index is 12.4. The molecule has 1 aliphatic carbocycles. The van der Waals surface area contributed by atoms with Crippen molar-refractivity contribution in [2.45, 2.75) is 38.1 Å². The fourth-order valence-electron chi connectivity index (χ4n) is 2.55. The molecule has 1 aromatic heterocycles. The maximum absolute atomic E-state index is 12.4. The number of methoxy groups -OCH3 is 1. The van der Waals surface area contributed by atoms with Crippen molar-refractivity contribution in [3.8, 4) is 0 Å². The molecule has 1 amide bonds. The van der Waals surface area contributed by atoms with Crippen LogP contribution >= 0.6 is 11.3 Å². The van der Waals surface area contributed by atoms with E-state index in [1.807, 2.05) is 0 Å². The predicted octanol–water partition coefficient (Wildman–Crippen LogP) is 2.38. The van der Waals surface area contributed by atoms with Crippen LogP contribution in [0.3, 0.4) is 0 Å². The molecule has 1 aromatic rings. The van der Waals surface area contributed by atoms with Gasteiger partial charge < -0.3 is 15.8 Å². The predicted molar refractivity (Wildman–Crippen MR) is 78.8 cm³/mol. The first-order chi connectivity index (χ1) is 9.63. The first kappa shape index (κ1) is 15.0. The van der Waals surface area contributed by atoms with E-state index in [9.17, 15) is 9.59 Å². The van der Waals surface area contributed by atoms with Gasteiger partial charge >= 0.3 is 5.97 Å². The number of nitrogens with one attached hydrogen (secondary N) is 1. The van der Waals surface area contributed by atoms with E-state index in [2.05, 4.69) is 5.32 Å². The van der Waals surface area contributed by atoms with Crippen molar-refractivity contribution in [3.63, 3.8) is 0 Å². The number of hydrogen-bond donors (Lipinski definition) is 2. The number of ether oxygens (including phenoxy) is 1. The largest absolute Gasteiger partial charge is 0.465 e. The number of carbonyl (C=O) groups excluding carboxylic acids is 2. The van der Waals surface area contributed by atoms with Gasteiger partial charge in [-0.1, -0.05) is 19.3 Å². The summed E-state index contributed by atoms with van der Waals surface area (Å²) in [7, 11) is 1.33. The number of amides is 1. The van der Waals surface area contributed by atoms with Gasteiger partial charge in [-0.25, -0.2) is 4.79 Å². The minimum atomic E-state index is -0.430. The smallest absolute Gasteiger partial charge is 0.350 e. The fraction of sp³-hybridized carbons (Fsp3) is 0.571. The van der Waals surface area contributed by atoms with Crippen molar-refractivity contribution >= 4 is 28.9 Å². The minimum absolute atomic E-state index is 0.0945. The summed E-state index contributed by atoms with van der Waals surface area (Å²) in [4.78, 5) is 24.4. The Bertz CT molecular complexity index is 487. The molecule has 0 aliphatic heterocycles. The summed E-state index contributed by atoms with van der Waals surface area (Å²) in [6, 6.07) is 1.62. The minimum Gasteiger partial charge on any atom is -0.465 e. The van der Waals surface area contributed by atoms with Crippen LogP contribution in [-0.4, -0.2) is 25.0 Å². The first-order valence-electron chi connectivity index (χ1n) is 6.85. The van der Waals surface area contributed by atoms with Crippen LogP contribution in [0.25, 0.3) is 0 Å². The zero-order valence-electron chi connectivity index (χ0n) is 11.6. The quantitative estimate of drug-likeness (QED) is 0.663. The van der Waals surface area contributed by atoms with E-state index in [4.69, 9.17) is 10.5 Å². The molecule has 20 heavy (non-hydrogen) atoms. The maximum Gasteiger partial charge on any atom is 0.350 e. The van der Waals surface area contributed by atoms with Gasteiger partial charge in [0.1, 0.15) is 4.88 Å². The molecule has 2 rings (SSSR count). The molecule has 110 valence electrons. The topological polar surface area (TPSA) is 81.4 Å². The molecule has 1 aliphatic rings. The molecule has 1 fully saturated rings. The highest BCUT2D eigenvalue weighted by molar-refractivity contribution is 7.12. The van der Waals surface area contributed by atoms with Gasteiger partial charge in [-0.05, 0) is 24.3 Å². The molecule has 5 nitrogen and oxygen atoms in total. The van der Waals surface area contributed by atoms with Crippen molar-refractivity contribution in [1.29, 1.82) is 0 Å². The lowest BCUT2D eigenvalue weighted by atomic mass is 9.94. The molecule has 0 bridgehead atoms. The number of hydrogen-bond acceptors (Lipinski definition) is 5. The Hall–Kier alpha value is -1.40. The second-order valence-electron chi connectivity index (χ2n) is 5.05. The van der Waals surface area contributed by atoms with Crippen LogP contribution in [0.15, 0.2) is 11.4 Å². The Labute approximate surface area is 122 Å². The van der Waals surface area contributed by atoms with Gasteiger partial charge in [0.2, 0.25) is 5.91 Å². The van der Waals surface area contributed by atoms with E-state index in [0.717, 1.165) is 32.1 Å². The van der Waals surface area contributed by atoms with Gasteiger partial charge in [-0.2, -0.15) is 0 Å². The Morgan fingerprint density at radius 1 is 1.35 bits per heavy atom. The highest BCUT2D eigenvalue weighted by atomic mass is 32.1. The van der Waals surface area contributed by atoms with Gasteiger partial charge in [0, 0.05) is 6.04 Å². The van der Waals surface area contributed by atoms with Crippen LogP contribution in [0.4, 0.5) is 5.69 Å². The van der Waals surface area contributed by atoms with E-state index >= 15 is 0 Å². The summed E-state index contributed by atoms with van der Waals surface area (Å²) in [5.74, 6) is -0.702. The number of anilines is 1. The number of carbonyl (C=O) groups is 2. The summed E-state index contributed by atoms with van der Waals surface area (Å²) in [5, 5.41) is 4.58. The van der Waals surface area contributed by atoms with Crippen LogP contribution in [0.5, 0.6) is 0 Å². The van der Waals surface area contributed by atoms with E-state index in [1.54, 1.807) is 11.4 Å². The zero-order valence-corrected chi connectivity index (χ0v) is 12.4. The molecule has 0 aromatic carbocycles. The van der Waals surface area contributed by atoms with Crippen LogP contribution < -0.4 is 11.1 Å². The summed E-state index contributed by atoms with van der Waals surface area (Å²) in [6.45, 7) is 0.